The van der Waals surface area contributed by atoms with Crippen LogP contribution in [0.4, 0.5) is 5.69 Å². The zero-order valence-electron chi connectivity index (χ0n) is 20.0. The lowest BCUT2D eigenvalue weighted by molar-refractivity contribution is -0.127. The SMILES string of the molecule is COc1ccc(S(=O)(=O)N2CC(C(=O)NCc3cccc4ccccc34)Oc3cc(C)ccc32)cc1. The third-order valence-corrected chi connectivity index (χ3v) is 8.05. The first kappa shape index (κ1) is 23.7. The van der Waals surface area contributed by atoms with Crippen LogP contribution in [0.15, 0.2) is 89.8 Å². The summed E-state index contributed by atoms with van der Waals surface area (Å²) in [6.07, 6.45) is -1.01. The van der Waals surface area contributed by atoms with Gasteiger partial charge in [0.05, 0.1) is 24.2 Å². The van der Waals surface area contributed by atoms with Crippen molar-refractivity contribution >= 4 is 32.4 Å². The molecule has 8 heteroatoms. The zero-order chi connectivity index (χ0) is 25.3. The first-order valence-electron chi connectivity index (χ1n) is 11.6. The van der Waals surface area contributed by atoms with E-state index in [0.717, 1.165) is 21.9 Å². The van der Waals surface area contributed by atoms with Gasteiger partial charge in [0.25, 0.3) is 15.9 Å². The molecule has 1 aliphatic rings. The molecule has 5 rings (SSSR count). The highest BCUT2D eigenvalue weighted by Crippen LogP contribution is 2.38. The lowest BCUT2D eigenvalue weighted by Crippen LogP contribution is -2.50. The average molecular weight is 503 g/mol. The van der Waals surface area contributed by atoms with Crippen molar-refractivity contribution in [2.24, 2.45) is 0 Å². The summed E-state index contributed by atoms with van der Waals surface area (Å²) in [5.41, 5.74) is 2.26. The first-order chi connectivity index (χ1) is 17.4. The summed E-state index contributed by atoms with van der Waals surface area (Å²) >= 11 is 0. The fourth-order valence-corrected chi connectivity index (χ4v) is 5.82. The second-order valence-electron chi connectivity index (χ2n) is 8.65. The largest absolute Gasteiger partial charge is 0.497 e. The number of aryl methyl sites for hydroxylation is 1. The number of benzene rings is 4. The van der Waals surface area contributed by atoms with E-state index in [9.17, 15) is 13.2 Å². The Bertz CT molecular complexity index is 1530. The molecule has 0 saturated carbocycles. The lowest BCUT2D eigenvalue weighted by Gasteiger charge is -2.35. The summed E-state index contributed by atoms with van der Waals surface area (Å²) in [4.78, 5) is 13.3. The van der Waals surface area contributed by atoms with E-state index in [0.29, 0.717) is 23.7 Å². The number of rotatable bonds is 6. The molecule has 1 aliphatic heterocycles. The maximum absolute atomic E-state index is 13.6. The van der Waals surface area contributed by atoms with Gasteiger partial charge in [0.15, 0.2) is 6.10 Å². The molecule has 0 fully saturated rings. The molecule has 1 unspecified atom stereocenters. The fourth-order valence-electron chi connectivity index (χ4n) is 4.34. The third-order valence-electron chi connectivity index (χ3n) is 6.26. The number of nitrogens with one attached hydrogen (secondary N) is 1. The molecule has 4 aromatic carbocycles. The van der Waals surface area contributed by atoms with Crippen molar-refractivity contribution in [1.82, 2.24) is 5.32 Å². The van der Waals surface area contributed by atoms with Crippen molar-refractivity contribution in [3.63, 3.8) is 0 Å². The number of hydrogen-bond donors (Lipinski definition) is 1. The average Bonchev–Trinajstić information content (AvgIpc) is 2.90. The van der Waals surface area contributed by atoms with Crippen LogP contribution >= 0.6 is 0 Å². The standard InChI is InChI=1S/C28H26N2O5S/c1-19-10-15-25-26(16-19)35-27(18-30(25)36(32,33)23-13-11-22(34-2)12-14-23)28(31)29-17-21-8-5-7-20-6-3-4-9-24(20)21/h3-16,27H,17-18H2,1-2H3,(H,29,31). The van der Waals surface area contributed by atoms with E-state index in [2.05, 4.69) is 5.32 Å². The van der Waals surface area contributed by atoms with Gasteiger partial charge in [-0.2, -0.15) is 0 Å². The smallest absolute Gasteiger partial charge is 0.264 e. The molecule has 36 heavy (non-hydrogen) atoms. The van der Waals surface area contributed by atoms with Gasteiger partial charge in [0, 0.05) is 6.54 Å². The van der Waals surface area contributed by atoms with Crippen molar-refractivity contribution in [3.8, 4) is 11.5 Å². The maximum Gasteiger partial charge on any atom is 0.264 e. The van der Waals surface area contributed by atoms with Gasteiger partial charge >= 0.3 is 0 Å². The highest BCUT2D eigenvalue weighted by Gasteiger charge is 2.37. The second-order valence-corrected chi connectivity index (χ2v) is 10.5. The third kappa shape index (κ3) is 4.47. The predicted molar refractivity (Wildman–Crippen MR) is 139 cm³/mol. The Morgan fingerprint density at radius 2 is 1.78 bits per heavy atom. The van der Waals surface area contributed by atoms with E-state index in [1.54, 1.807) is 24.3 Å². The number of nitrogens with zero attached hydrogens (tertiary/aromatic N) is 1. The summed E-state index contributed by atoms with van der Waals surface area (Å²) in [6, 6.07) is 25.3. The van der Waals surface area contributed by atoms with Crippen LogP contribution in [0.2, 0.25) is 0 Å². The van der Waals surface area contributed by atoms with Crippen molar-refractivity contribution in [3.05, 3.63) is 96.1 Å². The van der Waals surface area contributed by atoms with E-state index in [1.807, 2.05) is 55.5 Å². The first-order valence-corrected chi connectivity index (χ1v) is 13.0. The number of carbonyl (C=O) groups is 1. The van der Waals surface area contributed by atoms with Gasteiger partial charge in [-0.25, -0.2) is 8.42 Å². The minimum Gasteiger partial charge on any atom is -0.497 e. The molecule has 184 valence electrons. The predicted octanol–water partition coefficient (Wildman–Crippen LogP) is 4.43. The summed E-state index contributed by atoms with van der Waals surface area (Å²) in [7, 11) is -2.44. The summed E-state index contributed by atoms with van der Waals surface area (Å²) in [5, 5.41) is 5.06. The number of carbonyl (C=O) groups excluding carboxylic acids is 1. The Morgan fingerprint density at radius 1 is 1.03 bits per heavy atom. The molecule has 7 nitrogen and oxygen atoms in total. The molecule has 0 radical (unpaired) electrons. The van der Waals surface area contributed by atoms with Crippen molar-refractivity contribution in [2.45, 2.75) is 24.5 Å². The molecular formula is C28H26N2O5S. The Morgan fingerprint density at radius 3 is 2.56 bits per heavy atom. The van der Waals surface area contributed by atoms with E-state index < -0.39 is 16.1 Å². The molecule has 0 aliphatic carbocycles. The van der Waals surface area contributed by atoms with Crippen molar-refractivity contribution in [2.75, 3.05) is 18.0 Å². The minimum absolute atomic E-state index is 0.103. The normalized spacial score (nSPS) is 15.2. The molecule has 0 aromatic heterocycles. The van der Waals surface area contributed by atoms with Crippen LogP contribution in [0, 0.1) is 6.92 Å². The fraction of sp³-hybridized carbons (Fsp3) is 0.179. The van der Waals surface area contributed by atoms with E-state index in [-0.39, 0.29) is 17.3 Å². The number of hydrogen-bond acceptors (Lipinski definition) is 5. The molecule has 1 N–H and O–H groups in total. The summed E-state index contributed by atoms with van der Waals surface area (Å²) in [5.74, 6) is 0.520. The molecule has 4 aromatic rings. The van der Waals surface area contributed by atoms with Gasteiger partial charge in [-0.05, 0) is 65.2 Å². The van der Waals surface area contributed by atoms with Crippen LogP contribution in [-0.2, 0) is 21.4 Å². The molecule has 0 bridgehead atoms. The Balaban J connectivity index is 1.42. The Labute approximate surface area is 210 Å². The zero-order valence-corrected chi connectivity index (χ0v) is 20.8. The van der Waals surface area contributed by atoms with Crippen LogP contribution in [0.5, 0.6) is 11.5 Å². The van der Waals surface area contributed by atoms with Gasteiger partial charge in [-0.15, -0.1) is 0 Å². The number of sulfonamides is 1. The van der Waals surface area contributed by atoms with E-state index in [1.165, 1.54) is 23.5 Å². The Hall–Kier alpha value is -4.04. The van der Waals surface area contributed by atoms with Crippen LogP contribution in [0.1, 0.15) is 11.1 Å². The monoisotopic (exact) mass is 502 g/mol. The number of ether oxygens (including phenoxy) is 2. The lowest BCUT2D eigenvalue weighted by atomic mass is 10.0. The van der Waals surface area contributed by atoms with Crippen molar-refractivity contribution < 1.29 is 22.7 Å². The van der Waals surface area contributed by atoms with E-state index >= 15 is 0 Å². The van der Waals surface area contributed by atoms with Crippen LogP contribution in [-0.4, -0.2) is 34.1 Å². The molecule has 1 heterocycles. The summed E-state index contributed by atoms with van der Waals surface area (Å²) in [6.45, 7) is 2.04. The van der Waals surface area contributed by atoms with Crippen molar-refractivity contribution in [1.29, 1.82) is 0 Å². The molecule has 1 amide bonds. The number of methoxy groups -OCH3 is 1. The van der Waals surface area contributed by atoms with Gasteiger partial charge in [-0.1, -0.05) is 48.5 Å². The van der Waals surface area contributed by atoms with E-state index in [4.69, 9.17) is 9.47 Å². The van der Waals surface area contributed by atoms with Gasteiger partial charge in [0.2, 0.25) is 0 Å². The number of anilines is 1. The quantitative estimate of drug-likeness (QED) is 0.422. The number of fused-ring (bicyclic) bond motifs is 2. The molecule has 0 saturated heterocycles. The minimum atomic E-state index is -3.96. The summed E-state index contributed by atoms with van der Waals surface area (Å²) < 4.78 is 39.7. The molecule has 1 atom stereocenters. The highest BCUT2D eigenvalue weighted by atomic mass is 32.2. The Kier molecular flexibility index (Phi) is 6.28. The molecule has 0 spiro atoms. The number of amides is 1. The maximum atomic E-state index is 13.6. The van der Waals surface area contributed by atoms with Crippen LogP contribution in [0.25, 0.3) is 10.8 Å². The van der Waals surface area contributed by atoms with Crippen LogP contribution in [0.3, 0.4) is 0 Å². The molecular weight excluding hydrogens is 476 g/mol. The topological polar surface area (TPSA) is 84.9 Å². The van der Waals surface area contributed by atoms with Gasteiger partial charge in [0.1, 0.15) is 11.5 Å². The highest BCUT2D eigenvalue weighted by molar-refractivity contribution is 7.92. The second kappa shape index (κ2) is 9.54. The van der Waals surface area contributed by atoms with Crippen LogP contribution < -0.4 is 19.1 Å². The van der Waals surface area contributed by atoms with Gasteiger partial charge in [-0.3, -0.25) is 9.10 Å². The van der Waals surface area contributed by atoms with Gasteiger partial charge < -0.3 is 14.8 Å².